The first-order valence-electron chi connectivity index (χ1n) is 9.79. The van der Waals surface area contributed by atoms with Gasteiger partial charge in [0.15, 0.2) is 11.5 Å². The minimum atomic E-state index is -0.535. The van der Waals surface area contributed by atoms with Crippen molar-refractivity contribution in [2.45, 2.75) is 20.1 Å². The molecule has 168 valence electrons. The van der Waals surface area contributed by atoms with Gasteiger partial charge in [0, 0.05) is 11.1 Å². The Morgan fingerprint density at radius 2 is 2.00 bits per heavy atom. The van der Waals surface area contributed by atoms with Crippen molar-refractivity contribution < 1.29 is 18.9 Å². The molecule has 11 heteroatoms. The summed E-state index contributed by atoms with van der Waals surface area (Å²) in [7, 11) is 0. The van der Waals surface area contributed by atoms with Gasteiger partial charge in [-0.05, 0) is 48.4 Å². The molecule has 0 bridgehead atoms. The summed E-state index contributed by atoms with van der Waals surface area (Å²) in [6.45, 7) is 2.14. The first kappa shape index (κ1) is 22.0. The molecule has 1 amide bonds. The summed E-state index contributed by atoms with van der Waals surface area (Å²) in [5.74, 6) is 0.0611. The van der Waals surface area contributed by atoms with Crippen LogP contribution in [0.5, 0.6) is 5.75 Å². The second-order valence-corrected chi connectivity index (χ2v) is 7.57. The standard InChI is InChI=1S/C22H18ClN5O5/c1-14-2-8-19(18(10-14)28(30)31)32-12-17-7-9-20(33-17)21(29)25-22-24-13-27(26-22)11-15-3-5-16(23)6-4-15/h2-10,13H,11-12H2,1H3,(H,25,26,29). The van der Waals surface area contributed by atoms with Crippen molar-refractivity contribution in [3.05, 3.63) is 98.7 Å². The zero-order valence-corrected chi connectivity index (χ0v) is 18.2. The number of nitro benzene ring substituents is 1. The summed E-state index contributed by atoms with van der Waals surface area (Å²) < 4.78 is 12.6. The number of rotatable bonds is 8. The molecule has 1 N–H and O–H groups in total. The van der Waals surface area contributed by atoms with Crippen molar-refractivity contribution in [1.82, 2.24) is 14.8 Å². The fourth-order valence-corrected chi connectivity index (χ4v) is 3.11. The smallest absolute Gasteiger partial charge is 0.311 e. The molecule has 0 radical (unpaired) electrons. The van der Waals surface area contributed by atoms with Gasteiger partial charge in [-0.2, -0.15) is 0 Å². The Balaban J connectivity index is 1.35. The van der Waals surface area contributed by atoms with Crippen LogP contribution in [0.1, 0.15) is 27.4 Å². The average Bonchev–Trinajstić information content (AvgIpc) is 3.44. The van der Waals surface area contributed by atoms with E-state index in [-0.39, 0.29) is 29.8 Å². The highest BCUT2D eigenvalue weighted by Gasteiger charge is 2.17. The third-order valence-corrected chi connectivity index (χ3v) is 4.84. The maximum Gasteiger partial charge on any atom is 0.311 e. The number of anilines is 1. The summed E-state index contributed by atoms with van der Waals surface area (Å²) in [6.07, 6.45) is 1.50. The minimum Gasteiger partial charge on any atom is -0.479 e. The molecule has 0 spiro atoms. The second-order valence-electron chi connectivity index (χ2n) is 7.13. The van der Waals surface area contributed by atoms with E-state index < -0.39 is 10.8 Å². The zero-order valence-electron chi connectivity index (χ0n) is 17.4. The van der Waals surface area contributed by atoms with Crippen LogP contribution in [-0.4, -0.2) is 25.6 Å². The van der Waals surface area contributed by atoms with Gasteiger partial charge in [0.25, 0.3) is 5.91 Å². The van der Waals surface area contributed by atoms with E-state index in [0.29, 0.717) is 17.3 Å². The summed E-state index contributed by atoms with van der Waals surface area (Å²) in [5, 5.41) is 18.6. The largest absolute Gasteiger partial charge is 0.479 e. The third kappa shape index (κ3) is 5.55. The van der Waals surface area contributed by atoms with Crippen molar-refractivity contribution in [1.29, 1.82) is 0 Å². The van der Waals surface area contributed by atoms with Crippen molar-refractivity contribution in [3.63, 3.8) is 0 Å². The van der Waals surface area contributed by atoms with E-state index in [0.717, 1.165) is 11.1 Å². The summed E-state index contributed by atoms with van der Waals surface area (Å²) in [6, 6.07) is 15.0. The molecule has 0 aliphatic heterocycles. The van der Waals surface area contributed by atoms with Crippen LogP contribution < -0.4 is 10.1 Å². The number of nitrogens with zero attached hydrogens (tertiary/aromatic N) is 4. The van der Waals surface area contributed by atoms with Crippen molar-refractivity contribution in [3.8, 4) is 5.75 Å². The molecular weight excluding hydrogens is 450 g/mol. The molecule has 10 nitrogen and oxygen atoms in total. The molecule has 33 heavy (non-hydrogen) atoms. The van der Waals surface area contributed by atoms with Crippen LogP contribution in [-0.2, 0) is 13.2 Å². The van der Waals surface area contributed by atoms with Gasteiger partial charge >= 0.3 is 5.69 Å². The number of nitrogens with one attached hydrogen (secondary N) is 1. The number of hydrogen-bond acceptors (Lipinski definition) is 7. The van der Waals surface area contributed by atoms with E-state index >= 15 is 0 Å². The van der Waals surface area contributed by atoms with E-state index in [1.165, 1.54) is 24.5 Å². The third-order valence-electron chi connectivity index (χ3n) is 4.59. The maximum absolute atomic E-state index is 12.4. The molecule has 0 unspecified atom stereocenters. The van der Waals surface area contributed by atoms with E-state index in [9.17, 15) is 14.9 Å². The Morgan fingerprint density at radius 3 is 2.76 bits per heavy atom. The number of aryl methyl sites for hydroxylation is 1. The van der Waals surface area contributed by atoms with Gasteiger partial charge in [-0.3, -0.25) is 20.2 Å². The first-order chi connectivity index (χ1) is 15.9. The van der Waals surface area contributed by atoms with E-state index in [4.69, 9.17) is 20.8 Å². The summed E-state index contributed by atoms with van der Waals surface area (Å²) in [4.78, 5) is 27.2. The fraction of sp³-hybridized carbons (Fsp3) is 0.136. The molecule has 4 aromatic rings. The highest BCUT2D eigenvalue weighted by molar-refractivity contribution is 6.30. The molecule has 2 heterocycles. The summed E-state index contributed by atoms with van der Waals surface area (Å²) >= 11 is 5.89. The molecule has 2 aromatic heterocycles. The molecule has 0 saturated heterocycles. The van der Waals surface area contributed by atoms with Crippen LogP contribution in [0.4, 0.5) is 11.6 Å². The lowest BCUT2D eigenvalue weighted by molar-refractivity contribution is -0.386. The fourth-order valence-electron chi connectivity index (χ4n) is 2.99. The average molecular weight is 468 g/mol. The van der Waals surface area contributed by atoms with Crippen LogP contribution in [0.25, 0.3) is 0 Å². The highest BCUT2D eigenvalue weighted by Crippen LogP contribution is 2.28. The SMILES string of the molecule is Cc1ccc(OCc2ccc(C(=O)Nc3ncn(Cc4ccc(Cl)cc4)n3)o2)c([N+](=O)[O-])c1. The van der Waals surface area contributed by atoms with Gasteiger partial charge in [0.2, 0.25) is 5.95 Å². The lowest BCUT2D eigenvalue weighted by Crippen LogP contribution is -2.12. The number of amides is 1. The Kier molecular flexibility index (Phi) is 6.36. The number of furan rings is 1. The Labute approximate surface area is 192 Å². The molecular formula is C22H18ClN5O5. The molecule has 0 aliphatic rings. The number of carbonyl (C=O) groups excluding carboxylic acids is 1. The lowest BCUT2D eigenvalue weighted by Gasteiger charge is -2.05. The van der Waals surface area contributed by atoms with Gasteiger partial charge in [-0.1, -0.05) is 29.8 Å². The van der Waals surface area contributed by atoms with E-state index in [1.54, 1.807) is 35.9 Å². The van der Waals surface area contributed by atoms with E-state index in [1.807, 2.05) is 12.1 Å². The van der Waals surface area contributed by atoms with Gasteiger partial charge in [0.05, 0.1) is 11.5 Å². The predicted molar refractivity (Wildman–Crippen MR) is 119 cm³/mol. The van der Waals surface area contributed by atoms with Crippen LogP contribution in [0.3, 0.4) is 0 Å². The molecule has 0 saturated carbocycles. The van der Waals surface area contributed by atoms with Gasteiger partial charge < -0.3 is 9.15 Å². The zero-order chi connectivity index (χ0) is 23.4. The number of carbonyl (C=O) groups is 1. The first-order valence-corrected chi connectivity index (χ1v) is 10.2. The minimum absolute atomic E-state index is 0.0288. The molecule has 0 atom stereocenters. The molecule has 0 fully saturated rings. The molecule has 4 rings (SSSR count). The maximum atomic E-state index is 12.4. The van der Waals surface area contributed by atoms with Crippen molar-refractivity contribution >= 4 is 29.1 Å². The van der Waals surface area contributed by atoms with Crippen LogP contribution in [0, 0.1) is 17.0 Å². The Bertz CT molecular complexity index is 1300. The molecule has 0 aliphatic carbocycles. The van der Waals surface area contributed by atoms with Gasteiger partial charge in [-0.15, -0.1) is 5.10 Å². The number of halogens is 1. The van der Waals surface area contributed by atoms with Gasteiger partial charge in [0.1, 0.15) is 18.7 Å². The number of nitro groups is 1. The number of hydrogen-bond donors (Lipinski definition) is 1. The summed E-state index contributed by atoms with van der Waals surface area (Å²) in [5.41, 5.74) is 1.58. The quantitative estimate of drug-likeness (QED) is 0.296. The monoisotopic (exact) mass is 467 g/mol. The van der Waals surface area contributed by atoms with Crippen LogP contribution in [0.15, 0.2) is 65.3 Å². The van der Waals surface area contributed by atoms with Gasteiger partial charge in [-0.25, -0.2) is 9.67 Å². The topological polar surface area (TPSA) is 125 Å². The normalized spacial score (nSPS) is 10.7. The van der Waals surface area contributed by atoms with Crippen molar-refractivity contribution in [2.75, 3.05) is 5.32 Å². The molecule has 2 aromatic carbocycles. The van der Waals surface area contributed by atoms with Crippen molar-refractivity contribution in [2.24, 2.45) is 0 Å². The Morgan fingerprint density at radius 1 is 1.21 bits per heavy atom. The van der Waals surface area contributed by atoms with Crippen LogP contribution in [0.2, 0.25) is 5.02 Å². The van der Waals surface area contributed by atoms with E-state index in [2.05, 4.69) is 15.4 Å². The van der Waals surface area contributed by atoms with Crippen LogP contribution >= 0.6 is 11.6 Å². The lowest BCUT2D eigenvalue weighted by atomic mass is 10.2. The number of ether oxygens (including phenoxy) is 1. The highest BCUT2D eigenvalue weighted by atomic mass is 35.5. The number of benzene rings is 2. The second kappa shape index (κ2) is 9.53. The Hall–Kier alpha value is -4.18. The number of aromatic nitrogens is 3. The predicted octanol–water partition coefficient (Wildman–Crippen LogP) is 4.62.